The summed E-state index contributed by atoms with van der Waals surface area (Å²) < 4.78 is 0. The minimum atomic E-state index is 0. The summed E-state index contributed by atoms with van der Waals surface area (Å²) in [5, 5.41) is 54.0. The topological polar surface area (TPSA) is 498 Å². The normalized spacial score (nSPS) is 3.10. The summed E-state index contributed by atoms with van der Waals surface area (Å²) in [4.78, 5) is 48.0. The van der Waals surface area contributed by atoms with Crippen molar-refractivity contribution in [3.05, 3.63) is 60.7 Å². The van der Waals surface area contributed by atoms with Crippen LogP contribution in [-0.2, 0) is 33.6 Å². The van der Waals surface area contributed by atoms with Gasteiger partial charge in [-0.15, -0.1) is 32.0 Å². The van der Waals surface area contributed by atoms with Crippen molar-refractivity contribution in [3.63, 3.8) is 0 Å². The van der Waals surface area contributed by atoms with E-state index in [1.165, 1.54) is 21.1 Å². The maximum absolute atomic E-state index is 8.00. The molecule has 24 nitrogen and oxygen atoms in total. The fraction of sp³-hybridized carbons (Fsp3) is 1.00. The van der Waals surface area contributed by atoms with Gasteiger partial charge in [0.1, 0.15) is 0 Å². The van der Waals surface area contributed by atoms with E-state index in [0.717, 1.165) is 32.0 Å². The van der Waals surface area contributed by atoms with E-state index >= 15 is 0 Å². The van der Waals surface area contributed by atoms with Gasteiger partial charge in [-0.3, -0.25) is 0 Å². The van der Waals surface area contributed by atoms with Gasteiger partial charge in [-0.25, -0.2) is 0 Å². The van der Waals surface area contributed by atoms with Crippen LogP contribution in [0.15, 0.2) is 32.0 Å². The van der Waals surface area contributed by atoms with Crippen LogP contribution in [0.5, 0.6) is 0 Å². The molecule has 0 aliphatic heterocycles. The van der Waals surface area contributed by atoms with Gasteiger partial charge >= 0.3 is 0 Å². The first-order chi connectivity index (χ1) is 11.5. The van der Waals surface area contributed by atoms with Crippen molar-refractivity contribution >= 4 is 0 Å². The van der Waals surface area contributed by atoms with Crippen LogP contribution in [0, 0.1) is 60.7 Å². The SMILES string of the molecule is CN.CN.CN.N.N.N.O=N[O-].O=N[O-].O=N[O-].O=N[O-].O=N[O-].O=N[O-].[Co].[Co]. The molecule has 26 heteroatoms. The van der Waals surface area contributed by atoms with E-state index in [1.54, 1.807) is 0 Å². The summed E-state index contributed by atoms with van der Waals surface area (Å²) in [6.45, 7) is 0. The number of rotatable bonds is 0. The molecule has 0 rings (SSSR count). The number of hydrogen-bond acceptors (Lipinski definition) is 24. The van der Waals surface area contributed by atoms with E-state index in [-0.39, 0.29) is 52.0 Å². The van der Waals surface area contributed by atoms with E-state index in [4.69, 9.17) is 60.7 Å². The van der Waals surface area contributed by atoms with Crippen molar-refractivity contribution in [2.75, 3.05) is 21.1 Å². The number of hydrogen-bond donors (Lipinski definition) is 6. The molecule has 15 N–H and O–H groups in total. The molecule has 0 aliphatic carbocycles. The molecule has 2 radical (unpaired) electrons. The fourth-order valence-corrected chi connectivity index (χ4v) is 0. The largest absolute Gasteiger partial charge is 0.444 e. The van der Waals surface area contributed by atoms with Crippen molar-refractivity contribution in [2.24, 2.45) is 49.2 Å². The minimum absolute atomic E-state index is 0. The van der Waals surface area contributed by atoms with Gasteiger partial charge in [0.15, 0.2) is 0 Å². The molecule has 0 aromatic carbocycles. The van der Waals surface area contributed by atoms with Crippen LogP contribution in [0.3, 0.4) is 0 Å². The molecular weight excluding hydrogens is 514 g/mol. The first-order valence-corrected chi connectivity index (χ1v) is 3.92. The van der Waals surface area contributed by atoms with E-state index in [2.05, 4.69) is 17.2 Å². The Bertz CT molecular complexity index is 140. The first-order valence-electron chi connectivity index (χ1n) is 3.92. The molecule has 0 bridgehead atoms. The van der Waals surface area contributed by atoms with Crippen LogP contribution in [0.25, 0.3) is 0 Å². The summed E-state index contributed by atoms with van der Waals surface area (Å²) in [6.07, 6.45) is 0. The maximum atomic E-state index is 8.00. The second-order valence-corrected chi connectivity index (χ2v) is 0.447. The zero-order valence-electron chi connectivity index (χ0n) is 15.1. The van der Waals surface area contributed by atoms with E-state index in [1.807, 2.05) is 0 Å². The Morgan fingerprint density at radius 1 is 0.379 bits per heavy atom. The summed E-state index contributed by atoms with van der Waals surface area (Å²) in [6, 6.07) is 0. The van der Waals surface area contributed by atoms with Crippen molar-refractivity contribution in [3.8, 4) is 0 Å². The average molecular weight is 538 g/mol. The third-order valence-corrected chi connectivity index (χ3v) is 0. The van der Waals surface area contributed by atoms with Crippen LogP contribution in [0.1, 0.15) is 0 Å². The Balaban J connectivity index is -0.00000000716. The van der Waals surface area contributed by atoms with E-state index < -0.39 is 0 Å². The summed E-state index contributed by atoms with van der Waals surface area (Å²) in [7, 11) is 4.50. The average Bonchev–Trinajstić information content (AvgIpc) is 2.57. The van der Waals surface area contributed by atoms with Gasteiger partial charge in [-0.05, 0) is 21.1 Å². The Labute approximate surface area is 183 Å². The molecule has 0 aliphatic rings. The van der Waals surface area contributed by atoms with Gasteiger partial charge in [-0.1, -0.05) is 0 Å². The molecule has 0 aromatic heterocycles. The molecule has 0 fully saturated rings. The van der Waals surface area contributed by atoms with Crippen LogP contribution in [0.2, 0.25) is 0 Å². The predicted octanol–water partition coefficient (Wildman–Crippen LogP) is 0.709. The zero-order valence-corrected chi connectivity index (χ0v) is 17.2. The quantitative estimate of drug-likeness (QED) is 0.182. The molecule has 0 saturated heterocycles. The predicted molar refractivity (Wildman–Crippen MR) is 100 cm³/mol. The maximum Gasteiger partial charge on any atom is 0 e. The van der Waals surface area contributed by atoms with Crippen molar-refractivity contribution in [2.45, 2.75) is 0 Å². The molecule has 0 aromatic rings. The van der Waals surface area contributed by atoms with E-state index in [0.29, 0.717) is 0 Å². The second kappa shape index (κ2) is 1460. The Kier molecular flexibility index (Phi) is 5640. The van der Waals surface area contributed by atoms with Gasteiger partial charge in [0.2, 0.25) is 0 Å². The first kappa shape index (κ1) is 112. The monoisotopic (exact) mass is 538 g/mol. The van der Waals surface area contributed by atoms with Gasteiger partial charge < -0.3 is 96.3 Å². The second-order valence-electron chi connectivity index (χ2n) is 0.447. The molecule has 0 heterocycles. The molecule has 0 spiro atoms. The smallest absolute Gasteiger partial charge is 0 e. The van der Waals surface area contributed by atoms with Gasteiger partial charge in [-0.2, -0.15) is 0 Å². The van der Waals surface area contributed by atoms with Crippen LogP contribution < -0.4 is 35.7 Å². The van der Waals surface area contributed by atoms with Crippen molar-refractivity contribution < 1.29 is 33.6 Å². The molecule has 192 valence electrons. The molecular formula is C3H24Co2N12O12-6. The van der Waals surface area contributed by atoms with Gasteiger partial charge in [0.05, 0.1) is 0 Å². The van der Waals surface area contributed by atoms with Gasteiger partial charge in [0, 0.05) is 33.6 Å². The summed E-state index contributed by atoms with van der Waals surface area (Å²) in [5.41, 5.74) is 13.5. The Morgan fingerprint density at radius 2 is 0.379 bits per heavy atom. The summed E-state index contributed by atoms with van der Waals surface area (Å²) >= 11 is 0. The number of nitrogens with zero attached hydrogens (tertiary/aromatic N) is 6. The standard InChI is InChI=1S/3CH5N.2Co.6HNO2.3H3N/c3*1-2;;;6*2-1-3;;;/h3*2H2,1H3;;;6*(H,2,3);3*1H3/p-6. The Hall–Kier alpha value is -2.83. The van der Waals surface area contributed by atoms with Crippen LogP contribution in [0.4, 0.5) is 0 Å². The number of nitrogens with two attached hydrogens (primary N) is 3. The molecule has 29 heavy (non-hydrogen) atoms. The van der Waals surface area contributed by atoms with Crippen molar-refractivity contribution in [1.29, 1.82) is 0 Å². The van der Waals surface area contributed by atoms with Crippen LogP contribution in [-0.4, -0.2) is 21.1 Å². The zero-order chi connectivity index (χ0) is 22.2. The third kappa shape index (κ3) is 1690. The molecule has 0 saturated carbocycles. The van der Waals surface area contributed by atoms with Crippen molar-refractivity contribution in [1.82, 2.24) is 18.5 Å². The fourth-order valence-electron chi connectivity index (χ4n) is 0. The molecule has 0 atom stereocenters. The Morgan fingerprint density at radius 3 is 0.379 bits per heavy atom. The molecule has 0 amide bonds. The third-order valence-electron chi connectivity index (χ3n) is 0. The van der Waals surface area contributed by atoms with Crippen LogP contribution >= 0.6 is 0 Å². The van der Waals surface area contributed by atoms with E-state index in [9.17, 15) is 0 Å². The van der Waals surface area contributed by atoms with Gasteiger partial charge in [0.25, 0.3) is 0 Å². The molecule has 0 unspecified atom stereocenters. The minimum Gasteiger partial charge on any atom is -0.444 e. The summed E-state index contributed by atoms with van der Waals surface area (Å²) in [5.74, 6) is 0.